The van der Waals surface area contributed by atoms with Gasteiger partial charge in [0.15, 0.2) is 5.72 Å². The van der Waals surface area contributed by atoms with E-state index >= 15 is 0 Å². The van der Waals surface area contributed by atoms with Gasteiger partial charge in [-0.05, 0) is 62.2 Å². The lowest BCUT2D eigenvalue weighted by Crippen LogP contribution is -2.57. The van der Waals surface area contributed by atoms with Crippen LogP contribution in [0.3, 0.4) is 0 Å². The number of benzene rings is 2. The third-order valence-corrected chi connectivity index (χ3v) is 5.89. The highest BCUT2D eigenvalue weighted by Crippen LogP contribution is 2.29. The molecule has 2 atom stereocenters. The first-order valence-corrected chi connectivity index (χ1v) is 12.1. The van der Waals surface area contributed by atoms with Gasteiger partial charge in [-0.2, -0.15) is 0 Å². The van der Waals surface area contributed by atoms with E-state index in [2.05, 4.69) is 20.2 Å². The summed E-state index contributed by atoms with van der Waals surface area (Å²) in [6.07, 6.45) is 6.58. The highest BCUT2D eigenvalue weighted by Gasteiger charge is 2.36. The molecule has 36 heavy (non-hydrogen) atoms. The molecule has 3 aromatic rings. The summed E-state index contributed by atoms with van der Waals surface area (Å²) in [5, 5.41) is 3.36. The minimum absolute atomic E-state index is 0.0451. The smallest absolute Gasteiger partial charge is 0.330 e. The Hall–Kier alpha value is -3.49. The average Bonchev–Trinajstić information content (AvgIpc) is 2.85. The second-order valence-corrected chi connectivity index (χ2v) is 9.18. The first-order chi connectivity index (χ1) is 17.2. The van der Waals surface area contributed by atoms with E-state index in [9.17, 15) is 9.18 Å². The van der Waals surface area contributed by atoms with Crippen molar-refractivity contribution in [2.75, 3.05) is 29.9 Å². The zero-order valence-corrected chi connectivity index (χ0v) is 21.1. The molecule has 1 fully saturated rings. The van der Waals surface area contributed by atoms with Crippen LogP contribution in [0.4, 0.5) is 16.0 Å². The van der Waals surface area contributed by atoms with E-state index in [4.69, 9.17) is 21.1 Å². The molecule has 1 aromatic heterocycles. The number of halogens is 2. The number of esters is 1. The number of aromatic nitrogens is 2. The van der Waals surface area contributed by atoms with Crippen molar-refractivity contribution in [2.45, 2.75) is 32.6 Å². The van der Waals surface area contributed by atoms with Crippen molar-refractivity contribution in [1.82, 2.24) is 9.97 Å². The molecule has 9 heteroatoms. The van der Waals surface area contributed by atoms with Crippen molar-refractivity contribution in [1.29, 1.82) is 0 Å². The van der Waals surface area contributed by atoms with Crippen LogP contribution in [0.25, 0.3) is 17.2 Å². The number of nitrogens with zero attached hydrogens (tertiary/aromatic N) is 3. The molecule has 4 rings (SSSR count). The Balaban J connectivity index is 1.48. The van der Waals surface area contributed by atoms with Crippen molar-refractivity contribution < 1.29 is 18.7 Å². The molecule has 0 spiro atoms. The summed E-state index contributed by atoms with van der Waals surface area (Å²) in [5.41, 5.74) is 2.55. The van der Waals surface area contributed by atoms with E-state index in [0.717, 1.165) is 16.7 Å². The zero-order valence-electron chi connectivity index (χ0n) is 20.4. The maximum atomic E-state index is 13.6. The van der Waals surface area contributed by atoms with Crippen LogP contribution in [-0.4, -0.2) is 47.5 Å². The number of carbonyl (C=O) groups excluding carboxylic acids is 1. The fraction of sp³-hybridized carbons (Fsp3) is 0.296. The third kappa shape index (κ3) is 6.38. The highest BCUT2D eigenvalue weighted by atomic mass is 35.5. The SMILES string of the molecule is CCOC(=O)C=Cc1cccc(-c2cnc(N3CC(C)OC(C)(Nc4ccc(F)c(Cl)c4)C3)nc2)c1. The number of ether oxygens (including phenoxy) is 2. The van der Waals surface area contributed by atoms with Gasteiger partial charge in [0, 0.05) is 36.3 Å². The lowest BCUT2D eigenvalue weighted by atomic mass is 10.1. The Bertz CT molecular complexity index is 1250. The van der Waals surface area contributed by atoms with Crippen LogP contribution in [0, 0.1) is 5.82 Å². The topological polar surface area (TPSA) is 76.6 Å². The van der Waals surface area contributed by atoms with Crippen LogP contribution < -0.4 is 10.2 Å². The minimum atomic E-state index is -0.763. The summed E-state index contributed by atoms with van der Waals surface area (Å²) in [6, 6.07) is 12.2. The Labute approximate surface area is 214 Å². The van der Waals surface area contributed by atoms with Crippen molar-refractivity contribution in [3.05, 3.63) is 77.3 Å². The Morgan fingerprint density at radius 1 is 1.28 bits per heavy atom. The lowest BCUT2D eigenvalue weighted by molar-refractivity contribution is -0.137. The molecule has 0 aliphatic carbocycles. The molecule has 0 bridgehead atoms. The maximum Gasteiger partial charge on any atom is 0.330 e. The monoisotopic (exact) mass is 510 g/mol. The second-order valence-electron chi connectivity index (χ2n) is 8.78. The van der Waals surface area contributed by atoms with E-state index in [1.807, 2.05) is 38.1 Å². The quantitative estimate of drug-likeness (QED) is 0.329. The number of nitrogens with one attached hydrogen (secondary N) is 1. The van der Waals surface area contributed by atoms with E-state index in [1.165, 1.54) is 18.2 Å². The predicted molar refractivity (Wildman–Crippen MR) is 139 cm³/mol. The van der Waals surface area contributed by atoms with Gasteiger partial charge in [0.05, 0.1) is 24.3 Å². The van der Waals surface area contributed by atoms with Crippen molar-refractivity contribution in [3.63, 3.8) is 0 Å². The molecule has 188 valence electrons. The van der Waals surface area contributed by atoms with Gasteiger partial charge in [-0.1, -0.05) is 29.8 Å². The lowest BCUT2D eigenvalue weighted by Gasteiger charge is -2.44. The highest BCUT2D eigenvalue weighted by molar-refractivity contribution is 6.31. The summed E-state index contributed by atoms with van der Waals surface area (Å²) < 4.78 is 24.7. The molecule has 2 unspecified atom stereocenters. The summed E-state index contributed by atoms with van der Waals surface area (Å²) >= 11 is 5.94. The number of hydrogen-bond donors (Lipinski definition) is 1. The molecule has 7 nitrogen and oxygen atoms in total. The molecular formula is C27H28ClFN4O3. The standard InChI is InChI=1S/C27H28ClFN4O3/c1-4-35-25(34)11-8-19-6-5-7-20(12-19)21-14-30-26(31-15-21)33-16-18(2)36-27(3,17-33)32-22-9-10-24(29)23(28)13-22/h5-15,18,32H,4,16-17H2,1-3H3. The van der Waals surface area contributed by atoms with E-state index < -0.39 is 11.5 Å². The van der Waals surface area contributed by atoms with Crippen LogP contribution in [0.2, 0.25) is 5.02 Å². The van der Waals surface area contributed by atoms with E-state index in [1.54, 1.807) is 31.5 Å². The fourth-order valence-corrected chi connectivity index (χ4v) is 4.35. The number of carbonyl (C=O) groups is 1. The first kappa shape index (κ1) is 25.6. The molecule has 1 N–H and O–H groups in total. The van der Waals surface area contributed by atoms with Gasteiger partial charge >= 0.3 is 5.97 Å². The van der Waals surface area contributed by atoms with Gasteiger partial charge in [0.25, 0.3) is 0 Å². The zero-order chi connectivity index (χ0) is 25.7. The van der Waals surface area contributed by atoms with Crippen molar-refractivity contribution in [2.24, 2.45) is 0 Å². The van der Waals surface area contributed by atoms with Gasteiger partial charge in [-0.15, -0.1) is 0 Å². The van der Waals surface area contributed by atoms with Crippen LogP contribution >= 0.6 is 11.6 Å². The number of rotatable bonds is 7. The first-order valence-electron chi connectivity index (χ1n) is 11.7. The third-order valence-electron chi connectivity index (χ3n) is 5.60. The number of anilines is 2. The molecule has 1 aliphatic rings. The van der Waals surface area contributed by atoms with Gasteiger partial charge in [-0.3, -0.25) is 0 Å². The van der Waals surface area contributed by atoms with E-state index in [0.29, 0.717) is 31.3 Å². The summed E-state index contributed by atoms with van der Waals surface area (Å²) in [5.74, 6) is -0.266. The van der Waals surface area contributed by atoms with Crippen LogP contribution in [0.1, 0.15) is 26.3 Å². The fourth-order valence-electron chi connectivity index (χ4n) is 4.17. The van der Waals surface area contributed by atoms with Gasteiger partial charge in [0.1, 0.15) is 5.82 Å². The number of hydrogen-bond acceptors (Lipinski definition) is 7. The van der Waals surface area contributed by atoms with Crippen molar-refractivity contribution in [3.8, 4) is 11.1 Å². The molecule has 0 amide bonds. The summed E-state index contributed by atoms with van der Waals surface area (Å²) in [7, 11) is 0. The Morgan fingerprint density at radius 3 is 2.78 bits per heavy atom. The summed E-state index contributed by atoms with van der Waals surface area (Å²) in [4.78, 5) is 22.9. The number of morpholine rings is 1. The predicted octanol–water partition coefficient (Wildman–Crippen LogP) is 5.57. The normalized spacial score (nSPS) is 19.9. The largest absolute Gasteiger partial charge is 0.463 e. The molecule has 2 heterocycles. The molecule has 0 radical (unpaired) electrons. The maximum absolute atomic E-state index is 13.6. The molecule has 1 saturated heterocycles. The molecular weight excluding hydrogens is 483 g/mol. The van der Waals surface area contributed by atoms with Gasteiger partial charge in [0.2, 0.25) is 5.95 Å². The van der Waals surface area contributed by atoms with Crippen LogP contribution in [0.5, 0.6) is 0 Å². The average molecular weight is 511 g/mol. The van der Waals surface area contributed by atoms with E-state index in [-0.39, 0.29) is 17.1 Å². The minimum Gasteiger partial charge on any atom is -0.463 e. The van der Waals surface area contributed by atoms with Crippen LogP contribution in [-0.2, 0) is 14.3 Å². The second kappa shape index (κ2) is 11.1. The van der Waals surface area contributed by atoms with Crippen molar-refractivity contribution >= 4 is 35.3 Å². The van der Waals surface area contributed by atoms with Gasteiger partial charge in [-0.25, -0.2) is 19.2 Å². The molecule has 1 aliphatic heterocycles. The van der Waals surface area contributed by atoms with Crippen LogP contribution in [0.15, 0.2) is 60.9 Å². The Kier molecular flexibility index (Phi) is 7.86. The summed E-state index contributed by atoms with van der Waals surface area (Å²) in [6.45, 7) is 7.11. The molecule has 0 saturated carbocycles. The Morgan fingerprint density at radius 2 is 2.06 bits per heavy atom. The van der Waals surface area contributed by atoms with Gasteiger partial charge < -0.3 is 19.7 Å². The molecule has 2 aromatic carbocycles.